The van der Waals surface area contributed by atoms with E-state index in [9.17, 15) is 14.0 Å². The average Bonchev–Trinajstić information content (AvgIpc) is 3.47. The van der Waals surface area contributed by atoms with Crippen molar-refractivity contribution in [3.63, 3.8) is 0 Å². The number of nitrogens with zero attached hydrogens (tertiary/aromatic N) is 1. The van der Waals surface area contributed by atoms with Gasteiger partial charge in [0, 0.05) is 30.9 Å². The second-order valence-corrected chi connectivity index (χ2v) is 6.95. The van der Waals surface area contributed by atoms with Crippen LogP contribution in [0.5, 0.6) is 0 Å². The molecule has 1 aliphatic rings. The van der Waals surface area contributed by atoms with Crippen LogP contribution in [-0.4, -0.2) is 28.8 Å². The second-order valence-electron chi connectivity index (χ2n) is 6.95. The molecule has 2 amide bonds. The van der Waals surface area contributed by atoms with E-state index in [-0.39, 0.29) is 23.7 Å². The van der Waals surface area contributed by atoms with Crippen molar-refractivity contribution in [2.75, 3.05) is 10.6 Å². The molecule has 1 saturated carbocycles. The monoisotopic (exact) mass is 369 g/mol. The van der Waals surface area contributed by atoms with Crippen LogP contribution in [0.2, 0.25) is 0 Å². The first-order chi connectivity index (χ1) is 12.9. The van der Waals surface area contributed by atoms with E-state index in [1.165, 1.54) is 19.1 Å². The van der Waals surface area contributed by atoms with E-state index in [4.69, 9.17) is 0 Å². The Morgan fingerprint density at radius 3 is 2.11 bits per heavy atom. The number of carbonyl (C=O) groups is 2. The topological polar surface area (TPSA) is 61.4 Å². The van der Waals surface area contributed by atoms with Crippen molar-refractivity contribution in [1.82, 2.24) is 4.90 Å². The number of hydrogen-bond donors (Lipinski definition) is 2. The third-order valence-electron chi connectivity index (χ3n) is 4.64. The van der Waals surface area contributed by atoms with Crippen LogP contribution < -0.4 is 10.6 Å². The SMILES string of the molecule is CC(=O)Nc1ccc(NC(=O)[C@@H](C)N(Cc2ccc(F)cc2)C2CC2)cc1. The number of amides is 2. The molecule has 3 rings (SSSR count). The minimum Gasteiger partial charge on any atom is -0.326 e. The summed E-state index contributed by atoms with van der Waals surface area (Å²) in [6.07, 6.45) is 2.15. The fourth-order valence-corrected chi connectivity index (χ4v) is 3.03. The summed E-state index contributed by atoms with van der Waals surface area (Å²) in [7, 11) is 0. The van der Waals surface area contributed by atoms with Crippen molar-refractivity contribution in [2.24, 2.45) is 0 Å². The Balaban J connectivity index is 1.63. The molecule has 1 atom stereocenters. The molecular weight excluding hydrogens is 345 g/mol. The van der Waals surface area contributed by atoms with E-state index in [0.717, 1.165) is 18.4 Å². The van der Waals surface area contributed by atoms with Crippen molar-refractivity contribution in [2.45, 2.75) is 45.3 Å². The standard InChI is InChI=1S/C21H24FN3O2/c1-14(21(27)24-19-9-7-18(8-10-19)23-15(2)26)25(20-11-12-20)13-16-3-5-17(22)6-4-16/h3-10,14,20H,11-13H2,1-2H3,(H,23,26)(H,24,27)/t14-/m1/s1. The van der Waals surface area contributed by atoms with Crippen LogP contribution in [0.3, 0.4) is 0 Å². The fraction of sp³-hybridized carbons (Fsp3) is 0.333. The number of rotatable bonds is 7. The molecule has 5 nitrogen and oxygen atoms in total. The third-order valence-corrected chi connectivity index (χ3v) is 4.64. The highest BCUT2D eigenvalue weighted by atomic mass is 19.1. The summed E-state index contributed by atoms with van der Waals surface area (Å²) >= 11 is 0. The zero-order chi connectivity index (χ0) is 19.4. The van der Waals surface area contributed by atoms with Crippen molar-refractivity contribution in [1.29, 1.82) is 0 Å². The molecule has 27 heavy (non-hydrogen) atoms. The molecular formula is C21H24FN3O2. The molecule has 1 fully saturated rings. The van der Waals surface area contributed by atoms with Gasteiger partial charge in [0.2, 0.25) is 11.8 Å². The van der Waals surface area contributed by atoms with Gasteiger partial charge in [-0.1, -0.05) is 12.1 Å². The lowest BCUT2D eigenvalue weighted by molar-refractivity contribution is -0.121. The van der Waals surface area contributed by atoms with Crippen LogP contribution in [0.25, 0.3) is 0 Å². The van der Waals surface area contributed by atoms with E-state index in [1.54, 1.807) is 36.4 Å². The van der Waals surface area contributed by atoms with Gasteiger partial charge in [-0.3, -0.25) is 14.5 Å². The number of halogens is 1. The highest BCUT2D eigenvalue weighted by molar-refractivity contribution is 5.95. The molecule has 2 aromatic carbocycles. The Morgan fingerprint density at radius 2 is 1.59 bits per heavy atom. The summed E-state index contributed by atoms with van der Waals surface area (Å²) in [6.45, 7) is 3.95. The first-order valence-corrected chi connectivity index (χ1v) is 9.11. The van der Waals surface area contributed by atoms with Crippen LogP contribution in [0.1, 0.15) is 32.3 Å². The zero-order valence-electron chi connectivity index (χ0n) is 15.5. The summed E-state index contributed by atoms with van der Waals surface area (Å²) in [5, 5.41) is 5.62. The molecule has 0 unspecified atom stereocenters. The van der Waals surface area contributed by atoms with E-state index < -0.39 is 0 Å². The first-order valence-electron chi connectivity index (χ1n) is 9.11. The molecule has 0 aliphatic heterocycles. The minimum atomic E-state index is -0.308. The van der Waals surface area contributed by atoms with E-state index in [1.807, 2.05) is 6.92 Å². The Bertz CT molecular complexity index is 801. The van der Waals surface area contributed by atoms with Gasteiger partial charge in [-0.05, 0) is 61.7 Å². The van der Waals surface area contributed by atoms with Gasteiger partial charge in [0.15, 0.2) is 0 Å². The summed E-state index contributed by atoms with van der Waals surface area (Å²) < 4.78 is 13.1. The summed E-state index contributed by atoms with van der Waals surface area (Å²) in [5.74, 6) is -0.484. The Labute approximate surface area is 158 Å². The maximum absolute atomic E-state index is 13.1. The normalized spacial score (nSPS) is 14.7. The van der Waals surface area contributed by atoms with Crippen LogP contribution >= 0.6 is 0 Å². The molecule has 0 radical (unpaired) electrons. The second kappa shape index (κ2) is 8.31. The smallest absolute Gasteiger partial charge is 0.241 e. The van der Waals surface area contributed by atoms with Gasteiger partial charge in [0.1, 0.15) is 5.82 Å². The van der Waals surface area contributed by atoms with Gasteiger partial charge in [-0.15, -0.1) is 0 Å². The molecule has 6 heteroatoms. The highest BCUT2D eigenvalue weighted by Crippen LogP contribution is 2.30. The lowest BCUT2D eigenvalue weighted by Gasteiger charge is -2.28. The molecule has 1 aliphatic carbocycles. The van der Waals surface area contributed by atoms with Crippen LogP contribution in [0.15, 0.2) is 48.5 Å². The predicted molar refractivity (Wildman–Crippen MR) is 104 cm³/mol. The molecule has 2 N–H and O–H groups in total. The van der Waals surface area contributed by atoms with Crippen molar-refractivity contribution in [3.8, 4) is 0 Å². The number of carbonyl (C=O) groups excluding carboxylic acids is 2. The molecule has 142 valence electrons. The third kappa shape index (κ3) is 5.37. The lowest BCUT2D eigenvalue weighted by Crippen LogP contribution is -2.43. The minimum absolute atomic E-state index is 0.0868. The Morgan fingerprint density at radius 1 is 1.04 bits per heavy atom. The Kier molecular flexibility index (Phi) is 5.86. The van der Waals surface area contributed by atoms with Crippen molar-refractivity contribution < 1.29 is 14.0 Å². The van der Waals surface area contributed by atoms with Crippen LogP contribution in [-0.2, 0) is 16.1 Å². The molecule has 0 heterocycles. The maximum atomic E-state index is 13.1. The number of hydrogen-bond acceptors (Lipinski definition) is 3. The van der Waals surface area contributed by atoms with Crippen molar-refractivity contribution >= 4 is 23.2 Å². The maximum Gasteiger partial charge on any atom is 0.241 e. The van der Waals surface area contributed by atoms with Gasteiger partial charge in [0.05, 0.1) is 6.04 Å². The number of nitrogens with one attached hydrogen (secondary N) is 2. The summed E-state index contributed by atoms with van der Waals surface area (Å²) in [5.41, 5.74) is 2.35. The lowest BCUT2D eigenvalue weighted by atomic mass is 10.1. The van der Waals surface area contributed by atoms with Gasteiger partial charge in [-0.2, -0.15) is 0 Å². The molecule has 0 spiro atoms. The van der Waals surface area contributed by atoms with E-state index in [2.05, 4.69) is 15.5 Å². The molecule has 2 aromatic rings. The molecule has 0 aromatic heterocycles. The van der Waals surface area contributed by atoms with Crippen LogP contribution in [0, 0.1) is 5.82 Å². The van der Waals surface area contributed by atoms with E-state index >= 15 is 0 Å². The van der Waals surface area contributed by atoms with Gasteiger partial charge in [-0.25, -0.2) is 4.39 Å². The van der Waals surface area contributed by atoms with Crippen LogP contribution in [0.4, 0.5) is 15.8 Å². The first kappa shape index (κ1) is 19.0. The van der Waals surface area contributed by atoms with Gasteiger partial charge < -0.3 is 10.6 Å². The fourth-order valence-electron chi connectivity index (χ4n) is 3.03. The van der Waals surface area contributed by atoms with E-state index in [0.29, 0.717) is 24.0 Å². The largest absolute Gasteiger partial charge is 0.326 e. The molecule has 0 bridgehead atoms. The summed E-state index contributed by atoms with van der Waals surface area (Å²) in [6, 6.07) is 13.5. The number of anilines is 2. The van der Waals surface area contributed by atoms with Gasteiger partial charge in [0.25, 0.3) is 0 Å². The quantitative estimate of drug-likeness (QED) is 0.781. The van der Waals surface area contributed by atoms with Gasteiger partial charge >= 0.3 is 0 Å². The average molecular weight is 369 g/mol. The Hall–Kier alpha value is -2.73. The number of benzene rings is 2. The highest BCUT2D eigenvalue weighted by Gasteiger charge is 2.35. The predicted octanol–water partition coefficient (Wildman–Crippen LogP) is 3.78. The zero-order valence-corrected chi connectivity index (χ0v) is 15.5. The van der Waals surface area contributed by atoms with Crippen molar-refractivity contribution in [3.05, 3.63) is 59.9 Å². The molecule has 0 saturated heterocycles. The summed E-state index contributed by atoms with van der Waals surface area (Å²) in [4.78, 5) is 25.9.